The second kappa shape index (κ2) is 23.3. The molecule has 0 aliphatic carbocycles. The monoisotopic (exact) mass is 984 g/mol. The fourth-order valence-corrected chi connectivity index (χ4v) is 9.41. The topological polar surface area (TPSA) is 156 Å². The van der Waals surface area contributed by atoms with Gasteiger partial charge in [0.25, 0.3) is 11.8 Å². The fraction of sp³-hybridized carbons (Fsp3) is 0.339. The third-order valence-electron chi connectivity index (χ3n) is 13.7. The molecule has 5 aromatic carbocycles. The Morgan fingerprint density at radius 1 is 0.644 bits per heavy atom. The Labute approximate surface area is 428 Å². The van der Waals surface area contributed by atoms with Crippen molar-refractivity contribution in [3.63, 3.8) is 0 Å². The van der Waals surface area contributed by atoms with Gasteiger partial charge in [-0.15, -0.1) is 5.11 Å². The zero-order valence-electron chi connectivity index (χ0n) is 42.4. The molecule has 2 saturated heterocycles. The van der Waals surface area contributed by atoms with Gasteiger partial charge in [-0.2, -0.15) is 5.11 Å². The van der Waals surface area contributed by atoms with Gasteiger partial charge in [-0.3, -0.25) is 9.59 Å². The summed E-state index contributed by atoms with van der Waals surface area (Å²) >= 11 is 0. The predicted octanol–water partition coefficient (Wildman–Crippen LogP) is 10.5. The third kappa shape index (κ3) is 12.6. The minimum atomic E-state index is -0.286. The zero-order valence-corrected chi connectivity index (χ0v) is 42.4. The molecule has 0 spiro atoms. The number of rotatable bonds is 20. The number of benzene rings is 5. The van der Waals surface area contributed by atoms with Gasteiger partial charge < -0.3 is 45.1 Å². The average Bonchev–Trinajstić information content (AvgIpc) is 4.27. The van der Waals surface area contributed by atoms with Crippen molar-refractivity contribution in [2.45, 2.75) is 51.4 Å². The maximum atomic E-state index is 13.4. The number of nitrogens with one attached hydrogen (secondary N) is 2. The van der Waals surface area contributed by atoms with Gasteiger partial charge in [0.15, 0.2) is 0 Å². The maximum Gasteiger partial charge on any atom is 0.421 e. The number of aryl methyl sites for hydroxylation is 2. The van der Waals surface area contributed by atoms with Gasteiger partial charge in [0.2, 0.25) is 6.29 Å². The first-order valence-corrected chi connectivity index (χ1v) is 25.4. The summed E-state index contributed by atoms with van der Waals surface area (Å²) in [4.78, 5) is 39.2. The van der Waals surface area contributed by atoms with Crippen LogP contribution in [0.1, 0.15) is 59.2 Å². The highest BCUT2D eigenvalue weighted by atomic mass is 16.3. The van der Waals surface area contributed by atoms with Gasteiger partial charge in [0.1, 0.15) is 11.4 Å². The van der Waals surface area contributed by atoms with Crippen molar-refractivity contribution in [3.05, 3.63) is 151 Å². The molecule has 378 valence electrons. The summed E-state index contributed by atoms with van der Waals surface area (Å²) in [6.07, 6.45) is 13.9. The van der Waals surface area contributed by atoms with E-state index in [1.807, 2.05) is 83.3 Å². The van der Waals surface area contributed by atoms with E-state index in [1.54, 1.807) is 60.3 Å². The Kier molecular flexibility index (Phi) is 15.9. The van der Waals surface area contributed by atoms with Crippen LogP contribution < -0.4 is 25.0 Å². The molecule has 1 atom stereocenters. The number of hydrogen-bond acceptors (Lipinski definition) is 13. The van der Waals surface area contributed by atoms with Crippen LogP contribution in [-0.2, 0) is 13.6 Å². The van der Waals surface area contributed by atoms with Crippen LogP contribution in [0.4, 0.5) is 51.4 Å². The molecule has 3 aliphatic rings. The number of phenols is 1. The van der Waals surface area contributed by atoms with Crippen molar-refractivity contribution in [1.82, 2.24) is 24.2 Å². The first-order chi connectivity index (χ1) is 35.5. The number of anilines is 6. The summed E-state index contributed by atoms with van der Waals surface area (Å²) < 4.78 is 3.83. The van der Waals surface area contributed by atoms with E-state index in [0.29, 0.717) is 55.4 Å². The maximum absolute atomic E-state index is 13.4. The summed E-state index contributed by atoms with van der Waals surface area (Å²) in [5, 5.41) is 35.7. The Bertz CT molecular complexity index is 2890. The number of amides is 2. The molecule has 0 bridgehead atoms. The highest BCUT2D eigenvalue weighted by Gasteiger charge is 2.24. The van der Waals surface area contributed by atoms with Gasteiger partial charge in [-0.05, 0) is 148 Å². The van der Waals surface area contributed by atoms with Crippen molar-refractivity contribution >= 4 is 63.3 Å². The van der Waals surface area contributed by atoms with Crippen LogP contribution in [0.25, 0.3) is 0 Å². The van der Waals surface area contributed by atoms with E-state index in [1.165, 1.54) is 37.1 Å². The largest absolute Gasteiger partial charge is 0.505 e. The normalized spacial score (nSPS) is 15.6. The third-order valence-corrected chi connectivity index (χ3v) is 13.7. The van der Waals surface area contributed by atoms with Crippen LogP contribution in [0.5, 0.6) is 5.75 Å². The number of aromatic hydroxyl groups is 1. The quantitative estimate of drug-likeness (QED) is 0.0501. The van der Waals surface area contributed by atoms with Gasteiger partial charge >= 0.3 is 5.95 Å². The summed E-state index contributed by atoms with van der Waals surface area (Å²) in [5.74, 6) is 0.381. The lowest BCUT2D eigenvalue weighted by Gasteiger charge is -2.26. The Morgan fingerprint density at radius 3 is 1.70 bits per heavy atom. The average molecular weight is 984 g/mol. The second-order valence-corrected chi connectivity index (χ2v) is 19.1. The van der Waals surface area contributed by atoms with Gasteiger partial charge in [0, 0.05) is 136 Å². The molecule has 1 unspecified atom stereocenters. The van der Waals surface area contributed by atoms with Crippen LogP contribution in [0.3, 0.4) is 0 Å². The summed E-state index contributed by atoms with van der Waals surface area (Å²) in [6, 6.07) is 37.0. The SMILES string of the molecule is CN(CCCN1C=CN(C)C1N=Nc1ccc(Nc2ccc(N3CCCC3)cc2)cc1)C(=O)c1ccc(C(=O)N(C)CCCn2cc[n+](C)c2N=Nc2ccc(Nc3ccc(N4CCCC4)cc3)cc2O)cc1. The molecule has 1 aromatic heterocycles. The van der Waals surface area contributed by atoms with Gasteiger partial charge in [0.05, 0.1) is 31.7 Å². The van der Waals surface area contributed by atoms with Crippen LogP contribution in [0.2, 0.25) is 0 Å². The Morgan fingerprint density at radius 2 is 1.15 bits per heavy atom. The first-order valence-electron chi connectivity index (χ1n) is 25.4. The van der Waals surface area contributed by atoms with E-state index >= 15 is 0 Å². The van der Waals surface area contributed by atoms with E-state index in [4.69, 9.17) is 0 Å². The lowest BCUT2D eigenvalue weighted by Crippen LogP contribution is -2.36. The Balaban J connectivity index is 0.694. The van der Waals surface area contributed by atoms with Gasteiger partial charge in [-0.1, -0.05) is 5.11 Å². The molecular formula is C56H67N14O3+. The van der Waals surface area contributed by atoms with E-state index in [2.05, 4.69) is 94.3 Å². The van der Waals surface area contributed by atoms with Crippen molar-refractivity contribution < 1.29 is 19.3 Å². The highest BCUT2D eigenvalue weighted by Crippen LogP contribution is 2.33. The summed E-state index contributed by atoms with van der Waals surface area (Å²) in [6.45, 7) is 6.78. The molecule has 4 heterocycles. The molecule has 17 heteroatoms. The van der Waals surface area contributed by atoms with Crippen LogP contribution >= 0.6 is 0 Å². The van der Waals surface area contributed by atoms with Crippen molar-refractivity contribution in [2.24, 2.45) is 27.5 Å². The number of nitrogens with zero attached hydrogens (tertiary/aromatic N) is 12. The molecule has 6 aromatic rings. The standard InChI is InChI=1S/C56H66N14O3/c1-63(29-9-35-69-39-37-65(3)55(69)61-59-47-17-15-44(16-18-47)57-45-19-24-49(25-20-45)67-31-5-6-32-67)53(72)42-11-13-43(14-12-42)54(73)64(2)30-10-36-70-40-38-66(4)56(70)62-60-51-28-23-48(41-52(51)71)58-46-21-26-50(27-22-46)68-33-7-8-34-68/h11-28,37-41,55H,5-10,29-36H2,1-4H3,(H2,57,58,61,71)/p+1. The number of aromatic nitrogens is 2. The van der Waals surface area contributed by atoms with E-state index in [0.717, 1.165) is 61.0 Å². The van der Waals surface area contributed by atoms with Crippen LogP contribution in [0, 0.1) is 0 Å². The molecule has 73 heavy (non-hydrogen) atoms. The number of phenolic OH excluding ortho intramolecular Hbond substituents is 1. The number of azo groups is 2. The number of carbonyl (C=O) groups excluding carboxylic acids is 2. The Hall–Kier alpha value is -8.21. The van der Waals surface area contributed by atoms with Crippen molar-refractivity contribution in [1.29, 1.82) is 0 Å². The molecule has 2 amide bonds. The second-order valence-electron chi connectivity index (χ2n) is 19.1. The van der Waals surface area contributed by atoms with Crippen LogP contribution in [-0.4, -0.2) is 114 Å². The molecule has 9 rings (SSSR count). The van der Waals surface area contributed by atoms with Crippen LogP contribution in [0.15, 0.2) is 161 Å². The minimum absolute atomic E-state index is 0.0164. The highest BCUT2D eigenvalue weighted by molar-refractivity contribution is 5.97. The number of imidazole rings is 1. The summed E-state index contributed by atoms with van der Waals surface area (Å²) in [5.41, 5.74) is 8.36. The summed E-state index contributed by atoms with van der Waals surface area (Å²) in [7, 11) is 7.44. The minimum Gasteiger partial charge on any atom is -0.505 e. The van der Waals surface area contributed by atoms with Crippen molar-refractivity contribution in [2.75, 3.05) is 87.4 Å². The van der Waals surface area contributed by atoms with E-state index in [-0.39, 0.29) is 23.9 Å². The lowest BCUT2D eigenvalue weighted by molar-refractivity contribution is -0.657. The van der Waals surface area contributed by atoms with Gasteiger partial charge in [-0.25, -0.2) is 9.13 Å². The zero-order chi connectivity index (χ0) is 50.7. The smallest absolute Gasteiger partial charge is 0.421 e. The van der Waals surface area contributed by atoms with E-state index < -0.39 is 0 Å². The lowest BCUT2D eigenvalue weighted by atomic mass is 10.1. The first kappa shape index (κ1) is 49.8. The number of carbonyl (C=O) groups is 2. The molecule has 2 fully saturated rings. The molecular weight excluding hydrogens is 917 g/mol. The molecule has 3 aliphatic heterocycles. The fourth-order valence-electron chi connectivity index (χ4n) is 9.41. The van der Waals surface area contributed by atoms with Crippen molar-refractivity contribution in [3.8, 4) is 5.75 Å². The molecule has 3 N–H and O–H groups in total. The molecule has 0 saturated carbocycles. The van der Waals surface area contributed by atoms with E-state index in [9.17, 15) is 14.7 Å². The number of hydrogen-bond donors (Lipinski definition) is 3. The molecule has 17 nitrogen and oxygen atoms in total. The molecule has 0 radical (unpaired) electrons. The predicted molar refractivity (Wildman–Crippen MR) is 288 cm³/mol.